The summed E-state index contributed by atoms with van der Waals surface area (Å²) in [6, 6.07) is 19.9. The van der Waals surface area contributed by atoms with Crippen molar-refractivity contribution in [1.29, 1.82) is 0 Å². The maximum Gasteiger partial charge on any atom is 0.292 e. The van der Waals surface area contributed by atoms with Gasteiger partial charge in [0.15, 0.2) is 0 Å². The molecule has 0 spiro atoms. The molecule has 0 unspecified atom stereocenters. The molecule has 3 heterocycles. The first-order valence-electron chi connectivity index (χ1n) is 12.4. The van der Waals surface area contributed by atoms with Crippen LogP contribution in [0.3, 0.4) is 0 Å². The van der Waals surface area contributed by atoms with Crippen LogP contribution in [0.2, 0.25) is 0 Å². The van der Waals surface area contributed by atoms with Crippen LogP contribution in [0.15, 0.2) is 65.7 Å². The summed E-state index contributed by atoms with van der Waals surface area (Å²) in [5.74, 6) is -0.462. The highest BCUT2D eigenvalue weighted by Gasteiger charge is 2.34. The number of amidine groups is 1. The number of amides is 2. The van der Waals surface area contributed by atoms with Gasteiger partial charge in [0.1, 0.15) is 6.61 Å². The Hall–Kier alpha value is -3.87. The van der Waals surface area contributed by atoms with Crippen molar-refractivity contribution in [2.75, 3.05) is 44.2 Å². The molecule has 0 saturated carbocycles. The molecule has 0 aromatic heterocycles. The van der Waals surface area contributed by atoms with Crippen LogP contribution in [0.25, 0.3) is 10.8 Å². The van der Waals surface area contributed by atoms with Crippen LogP contribution < -0.4 is 4.90 Å². The van der Waals surface area contributed by atoms with Crippen molar-refractivity contribution in [1.82, 2.24) is 9.80 Å². The van der Waals surface area contributed by atoms with E-state index in [-0.39, 0.29) is 18.4 Å². The molecular weight excluding hydrogens is 440 g/mol. The van der Waals surface area contributed by atoms with Crippen molar-refractivity contribution in [2.24, 2.45) is 4.99 Å². The Labute approximate surface area is 204 Å². The molecular formula is C28H28N4O3. The highest BCUT2D eigenvalue weighted by atomic mass is 16.5. The number of anilines is 1. The van der Waals surface area contributed by atoms with E-state index < -0.39 is 0 Å². The molecule has 0 aliphatic carbocycles. The first-order chi connectivity index (χ1) is 17.2. The Morgan fingerprint density at radius 1 is 0.771 bits per heavy atom. The molecule has 0 bridgehead atoms. The van der Waals surface area contributed by atoms with Crippen LogP contribution in [0.4, 0.5) is 11.4 Å². The second-order valence-corrected chi connectivity index (χ2v) is 9.24. The monoisotopic (exact) mass is 468 g/mol. The van der Waals surface area contributed by atoms with Crippen molar-refractivity contribution >= 4 is 40.0 Å². The summed E-state index contributed by atoms with van der Waals surface area (Å²) in [6.45, 7) is 3.98. The fraction of sp³-hybridized carbons (Fsp3) is 0.321. The van der Waals surface area contributed by atoms with Gasteiger partial charge in [0.25, 0.3) is 17.8 Å². The molecule has 2 amide bonds. The number of carbonyl (C=O) groups is 2. The topological polar surface area (TPSA) is 65.5 Å². The minimum absolute atomic E-state index is 0.231. The van der Waals surface area contributed by atoms with Crippen LogP contribution in [-0.2, 0) is 4.74 Å². The van der Waals surface area contributed by atoms with E-state index >= 15 is 0 Å². The molecule has 0 atom stereocenters. The van der Waals surface area contributed by atoms with Gasteiger partial charge in [0.05, 0.1) is 12.2 Å². The zero-order chi connectivity index (χ0) is 23.8. The number of carbonyl (C=O) groups excluding carboxylic acids is 2. The van der Waals surface area contributed by atoms with Crippen LogP contribution >= 0.6 is 0 Å². The summed E-state index contributed by atoms with van der Waals surface area (Å²) in [5.41, 5.74) is 3.14. The minimum atomic E-state index is -0.231. The molecule has 7 heteroatoms. The summed E-state index contributed by atoms with van der Waals surface area (Å²) < 4.78 is 5.72. The fourth-order valence-electron chi connectivity index (χ4n) is 5.32. The van der Waals surface area contributed by atoms with Gasteiger partial charge >= 0.3 is 0 Å². The third kappa shape index (κ3) is 3.91. The standard InChI is InChI=1S/C28H28N4O3/c33-26-22-11-7-10-21-24(30-14-5-2-6-15-30)13-12-23(25(21)22)27(34)32(26)17-16-31-18-19-35-28(31)29-20-8-3-1-4-9-20/h1,3-4,7-13H,2,5-6,14-19H2. The number of piperidine rings is 1. The van der Waals surface area contributed by atoms with Crippen LogP contribution in [0.5, 0.6) is 0 Å². The number of para-hydroxylation sites is 1. The SMILES string of the molecule is O=C1c2cccc3c(N4CCCCC4)ccc(c23)C(=O)N1CCN1CCOC1=Nc1ccccc1. The van der Waals surface area contributed by atoms with Crippen LogP contribution in [0, 0.1) is 0 Å². The lowest BCUT2D eigenvalue weighted by atomic mass is 9.92. The van der Waals surface area contributed by atoms with Gasteiger partial charge in [-0.15, -0.1) is 0 Å². The third-order valence-corrected chi connectivity index (χ3v) is 7.10. The molecule has 6 rings (SSSR count). The summed E-state index contributed by atoms with van der Waals surface area (Å²) in [4.78, 5) is 37.3. The Morgan fingerprint density at radius 2 is 1.54 bits per heavy atom. The molecule has 178 valence electrons. The first kappa shape index (κ1) is 21.6. The number of rotatable bonds is 5. The van der Waals surface area contributed by atoms with E-state index in [4.69, 9.17) is 4.74 Å². The van der Waals surface area contributed by atoms with E-state index in [1.807, 2.05) is 59.5 Å². The average Bonchev–Trinajstić information content (AvgIpc) is 3.34. The zero-order valence-corrected chi connectivity index (χ0v) is 19.7. The van der Waals surface area contributed by atoms with Crippen molar-refractivity contribution in [3.05, 3.63) is 71.8 Å². The van der Waals surface area contributed by atoms with Gasteiger partial charge < -0.3 is 14.5 Å². The fourth-order valence-corrected chi connectivity index (χ4v) is 5.32. The molecule has 3 aliphatic heterocycles. The van der Waals surface area contributed by atoms with E-state index in [0.29, 0.717) is 36.8 Å². The molecule has 0 radical (unpaired) electrons. The van der Waals surface area contributed by atoms with E-state index in [9.17, 15) is 9.59 Å². The molecule has 2 saturated heterocycles. The van der Waals surface area contributed by atoms with Gasteiger partial charge in [-0.2, -0.15) is 4.99 Å². The maximum atomic E-state index is 13.5. The minimum Gasteiger partial charge on any atom is -0.463 e. The normalized spacial score (nSPS) is 19.1. The lowest BCUT2D eigenvalue weighted by Gasteiger charge is -2.33. The van der Waals surface area contributed by atoms with Gasteiger partial charge in [-0.3, -0.25) is 14.5 Å². The predicted octanol–water partition coefficient (Wildman–Crippen LogP) is 4.45. The summed E-state index contributed by atoms with van der Waals surface area (Å²) in [6.07, 6.45) is 3.60. The van der Waals surface area contributed by atoms with E-state index in [0.717, 1.165) is 35.2 Å². The van der Waals surface area contributed by atoms with Gasteiger partial charge in [-0.1, -0.05) is 30.3 Å². The highest BCUT2D eigenvalue weighted by Crippen LogP contribution is 2.36. The number of nitrogens with zero attached hydrogens (tertiary/aromatic N) is 4. The lowest BCUT2D eigenvalue weighted by Crippen LogP contribution is -2.45. The lowest BCUT2D eigenvalue weighted by molar-refractivity contribution is 0.0603. The van der Waals surface area contributed by atoms with Crippen LogP contribution in [0.1, 0.15) is 40.0 Å². The Bertz CT molecular complexity index is 1290. The van der Waals surface area contributed by atoms with E-state index in [1.165, 1.54) is 24.2 Å². The number of aliphatic imine (C=N–C) groups is 1. The number of hydrogen-bond donors (Lipinski definition) is 0. The smallest absolute Gasteiger partial charge is 0.292 e. The number of ether oxygens (including phenoxy) is 1. The third-order valence-electron chi connectivity index (χ3n) is 7.10. The van der Waals surface area contributed by atoms with E-state index in [1.54, 1.807) is 0 Å². The Morgan fingerprint density at radius 3 is 2.34 bits per heavy atom. The molecule has 0 N–H and O–H groups in total. The largest absolute Gasteiger partial charge is 0.463 e. The highest BCUT2D eigenvalue weighted by molar-refractivity contribution is 6.26. The number of benzene rings is 3. The van der Waals surface area contributed by atoms with Gasteiger partial charge in [-0.05, 0) is 49.6 Å². The van der Waals surface area contributed by atoms with Crippen molar-refractivity contribution in [3.63, 3.8) is 0 Å². The molecule has 35 heavy (non-hydrogen) atoms. The molecule has 3 aromatic carbocycles. The quantitative estimate of drug-likeness (QED) is 0.518. The first-order valence-corrected chi connectivity index (χ1v) is 12.4. The number of imide groups is 1. The summed E-state index contributed by atoms with van der Waals surface area (Å²) in [5, 5.41) is 1.78. The second-order valence-electron chi connectivity index (χ2n) is 9.24. The predicted molar refractivity (Wildman–Crippen MR) is 136 cm³/mol. The molecule has 3 aliphatic rings. The zero-order valence-electron chi connectivity index (χ0n) is 19.7. The van der Waals surface area contributed by atoms with Gasteiger partial charge in [0, 0.05) is 53.8 Å². The Balaban J connectivity index is 1.26. The van der Waals surface area contributed by atoms with Gasteiger partial charge in [0.2, 0.25) is 0 Å². The summed E-state index contributed by atoms with van der Waals surface area (Å²) in [7, 11) is 0. The van der Waals surface area contributed by atoms with Gasteiger partial charge in [-0.25, -0.2) is 0 Å². The number of hydrogen-bond acceptors (Lipinski definition) is 5. The second kappa shape index (κ2) is 9.06. The summed E-state index contributed by atoms with van der Waals surface area (Å²) >= 11 is 0. The Kier molecular flexibility index (Phi) is 5.60. The average molecular weight is 469 g/mol. The molecule has 2 fully saturated rings. The maximum absolute atomic E-state index is 13.5. The van der Waals surface area contributed by atoms with Crippen molar-refractivity contribution in [3.8, 4) is 0 Å². The van der Waals surface area contributed by atoms with E-state index in [2.05, 4.69) is 16.0 Å². The molecule has 7 nitrogen and oxygen atoms in total. The van der Waals surface area contributed by atoms with Crippen LogP contribution in [-0.4, -0.2) is 67.0 Å². The molecule has 3 aromatic rings. The van der Waals surface area contributed by atoms with Crippen molar-refractivity contribution < 1.29 is 14.3 Å². The van der Waals surface area contributed by atoms with Crippen molar-refractivity contribution in [2.45, 2.75) is 19.3 Å².